The monoisotopic (exact) mass is 796 g/mol. The Balaban J connectivity index is 0.000000305. The molecule has 0 fully saturated rings. The number of methoxy groups -OCH3 is 1. The van der Waals surface area contributed by atoms with E-state index in [1.54, 1.807) is 24.3 Å². The normalized spacial score (nSPS) is 16.2. The van der Waals surface area contributed by atoms with Gasteiger partial charge in [-0.1, -0.05) is 91.8 Å². The van der Waals surface area contributed by atoms with Crippen LogP contribution in [-0.2, 0) is 48.8 Å². The van der Waals surface area contributed by atoms with Crippen LogP contribution in [0.1, 0.15) is 148 Å². The van der Waals surface area contributed by atoms with Gasteiger partial charge in [-0.3, -0.25) is 19.2 Å². The van der Waals surface area contributed by atoms with Crippen molar-refractivity contribution < 1.29 is 53.4 Å². The first-order valence-electron chi connectivity index (χ1n) is 20.1. The maximum absolute atomic E-state index is 12.7. The van der Waals surface area contributed by atoms with Crippen molar-refractivity contribution in [2.75, 3.05) is 17.7 Å². The second-order valence-electron chi connectivity index (χ2n) is 18.3. The summed E-state index contributed by atoms with van der Waals surface area (Å²) in [6.45, 7) is 18.2. The van der Waals surface area contributed by atoms with Gasteiger partial charge in [-0.15, -0.1) is 0 Å². The molecule has 0 spiro atoms. The molecule has 10 heteroatoms. The Kier molecular flexibility index (Phi) is 16.2. The van der Waals surface area contributed by atoms with Crippen molar-refractivity contribution in [1.82, 2.24) is 0 Å². The molecule has 2 amide bonds. The molecule has 310 valence electrons. The minimum atomic E-state index is -0.819. The van der Waals surface area contributed by atoms with Gasteiger partial charge in [0.15, 0.2) is 0 Å². The molecule has 0 saturated heterocycles. The second kappa shape index (κ2) is 19.6. The Morgan fingerprint density at radius 1 is 0.542 bits per heavy atom. The third-order valence-electron chi connectivity index (χ3n) is 12.1. The third kappa shape index (κ3) is 12.2. The molecule has 0 unspecified atom stereocenters. The minimum Gasteiger partial charge on any atom is -0.870 e. The van der Waals surface area contributed by atoms with Gasteiger partial charge in [0.1, 0.15) is 0 Å². The number of amides is 2. The molecular weight excluding hydrogens is 735 g/mol. The molecule has 0 heterocycles. The number of rotatable bonds is 10. The number of hydrogen-bond acceptors (Lipinski definition) is 6. The van der Waals surface area contributed by atoms with Crippen LogP contribution in [-0.4, -0.2) is 41.4 Å². The number of nitrogens with one attached hydrogen (secondary N) is 2. The third-order valence-corrected chi connectivity index (χ3v) is 12.1. The molecular formula is C49H61LiN2O7. The van der Waals surface area contributed by atoms with E-state index < -0.39 is 5.97 Å². The van der Waals surface area contributed by atoms with Crippen LogP contribution in [0.5, 0.6) is 0 Å². The van der Waals surface area contributed by atoms with Crippen LogP contribution in [0.25, 0.3) is 0 Å². The van der Waals surface area contributed by atoms with Gasteiger partial charge in [0.2, 0.25) is 0 Å². The van der Waals surface area contributed by atoms with Gasteiger partial charge in [-0.2, -0.15) is 0 Å². The first kappa shape index (κ1) is 48.7. The number of carbonyl (C=O) groups is 4. The van der Waals surface area contributed by atoms with Crippen molar-refractivity contribution in [2.45, 2.75) is 128 Å². The number of aliphatic carboxylic acids is 1. The predicted octanol–water partition coefficient (Wildman–Crippen LogP) is 7.53. The first-order valence-corrected chi connectivity index (χ1v) is 20.1. The molecule has 0 radical (unpaired) electrons. The molecule has 2 aliphatic carbocycles. The standard InChI is InChI=1S/C25H31NO3.C24H29NO3.Li.H2O/c1-24(2)14-15-25(3,4)21-16-19(11-12-20(21)24)26-23(28)18-9-6-17(7-10-18)8-13-22(27)29-5;1-23(2)13-14-24(3,4)20-15-18(10-11-19(20)23)25-22(28)17-8-5-16(6-9-17)7-12-21(26)27;;/h6-7,9-12,16H,8,13-15H2,1-5H3,(H,26,28);5-6,8-11,15H,7,12-14H2,1-4H3,(H,25,28)(H,26,27);;1H2/q;;+1;/p-1. The number of carbonyl (C=O) groups excluding carboxylic acids is 3. The molecule has 9 nitrogen and oxygen atoms in total. The quantitative estimate of drug-likeness (QED) is 0.111. The van der Waals surface area contributed by atoms with E-state index in [-0.39, 0.29) is 70.2 Å². The molecule has 4 aromatic rings. The molecule has 4 N–H and O–H groups in total. The zero-order valence-corrected chi connectivity index (χ0v) is 36.7. The van der Waals surface area contributed by atoms with Gasteiger partial charge >= 0.3 is 30.8 Å². The molecule has 0 atom stereocenters. The number of benzene rings is 4. The average molecular weight is 797 g/mol. The number of hydrogen-bond donors (Lipinski definition) is 3. The van der Waals surface area contributed by atoms with Crippen LogP contribution in [0.15, 0.2) is 84.9 Å². The molecule has 0 bridgehead atoms. The maximum atomic E-state index is 12.7. The van der Waals surface area contributed by atoms with Crippen LogP contribution in [0.2, 0.25) is 0 Å². The molecule has 0 saturated carbocycles. The van der Waals surface area contributed by atoms with Crippen LogP contribution < -0.4 is 29.5 Å². The smallest absolute Gasteiger partial charge is 0.870 e. The number of carboxylic acid groups (broad SMARTS) is 1. The van der Waals surface area contributed by atoms with Crippen molar-refractivity contribution >= 4 is 35.1 Å². The van der Waals surface area contributed by atoms with Crippen LogP contribution in [0.3, 0.4) is 0 Å². The molecule has 4 aromatic carbocycles. The summed E-state index contributed by atoms with van der Waals surface area (Å²) >= 11 is 0. The Morgan fingerprint density at radius 3 is 1.22 bits per heavy atom. The summed E-state index contributed by atoms with van der Waals surface area (Å²) in [7, 11) is 1.39. The van der Waals surface area contributed by atoms with E-state index in [4.69, 9.17) is 5.11 Å². The molecule has 2 aliphatic rings. The van der Waals surface area contributed by atoms with Crippen LogP contribution in [0.4, 0.5) is 11.4 Å². The number of ether oxygens (including phenoxy) is 1. The fourth-order valence-electron chi connectivity index (χ4n) is 7.98. The van der Waals surface area contributed by atoms with Crippen molar-refractivity contribution in [3.05, 3.63) is 129 Å². The SMILES string of the molecule is CC1(C)CCC(C)(C)c2cc(NC(=O)c3ccc(CCC(=O)O)cc3)ccc21.COC(=O)CCc1ccc(C(=O)Nc2ccc3c(c2)C(C)(C)CCC3(C)C)cc1.[Li+].[OH-]. The van der Waals surface area contributed by atoms with Crippen molar-refractivity contribution in [2.24, 2.45) is 0 Å². The van der Waals surface area contributed by atoms with Gasteiger partial charge in [-0.05, 0) is 142 Å². The van der Waals surface area contributed by atoms with E-state index in [0.29, 0.717) is 30.4 Å². The Bertz CT molecular complexity index is 2120. The van der Waals surface area contributed by atoms with Gasteiger partial charge in [-0.25, -0.2) is 0 Å². The van der Waals surface area contributed by atoms with Crippen LogP contribution >= 0.6 is 0 Å². The van der Waals surface area contributed by atoms with Crippen LogP contribution in [0, 0.1) is 0 Å². The maximum Gasteiger partial charge on any atom is 1.00 e. The van der Waals surface area contributed by atoms with E-state index in [0.717, 1.165) is 41.8 Å². The second-order valence-corrected chi connectivity index (χ2v) is 18.3. The summed E-state index contributed by atoms with van der Waals surface area (Å²) in [5, 5.41) is 14.8. The zero-order valence-electron chi connectivity index (χ0n) is 36.7. The van der Waals surface area contributed by atoms with Gasteiger partial charge in [0, 0.05) is 35.3 Å². The van der Waals surface area contributed by atoms with Gasteiger partial charge < -0.3 is 26.0 Å². The fourth-order valence-corrected chi connectivity index (χ4v) is 7.98. The zero-order chi connectivity index (χ0) is 41.8. The van der Waals surface area contributed by atoms with Gasteiger partial charge in [0.25, 0.3) is 11.8 Å². The Morgan fingerprint density at radius 2 is 0.881 bits per heavy atom. The molecule has 59 heavy (non-hydrogen) atoms. The summed E-state index contributed by atoms with van der Waals surface area (Å²) in [5.74, 6) is -1.33. The van der Waals surface area contributed by atoms with Crippen molar-refractivity contribution in [1.29, 1.82) is 0 Å². The molecule has 0 aliphatic heterocycles. The van der Waals surface area contributed by atoms with Gasteiger partial charge in [0.05, 0.1) is 7.11 Å². The van der Waals surface area contributed by atoms with E-state index in [2.05, 4.69) is 95.0 Å². The van der Waals surface area contributed by atoms with E-state index in [1.807, 2.05) is 36.4 Å². The van der Waals surface area contributed by atoms with E-state index in [1.165, 1.54) is 35.8 Å². The summed E-state index contributed by atoms with van der Waals surface area (Å²) in [5.41, 5.74) is 10.6. The fraction of sp³-hybridized carbons (Fsp3) is 0.429. The van der Waals surface area contributed by atoms with Crippen molar-refractivity contribution in [3.8, 4) is 0 Å². The number of aryl methyl sites for hydroxylation is 2. The molecule has 6 rings (SSSR count). The molecule has 0 aromatic heterocycles. The first-order chi connectivity index (χ1) is 26.7. The largest absolute Gasteiger partial charge is 1.00 e. The summed E-state index contributed by atoms with van der Waals surface area (Å²) in [4.78, 5) is 47.3. The Hall–Kier alpha value is -4.68. The number of fused-ring (bicyclic) bond motifs is 2. The van der Waals surface area contributed by atoms with E-state index in [9.17, 15) is 19.2 Å². The number of esters is 1. The topological polar surface area (TPSA) is 152 Å². The minimum absolute atomic E-state index is 0. The number of carboxylic acids is 1. The number of anilines is 2. The average Bonchev–Trinajstić information content (AvgIpc) is 3.17. The van der Waals surface area contributed by atoms with E-state index >= 15 is 0 Å². The summed E-state index contributed by atoms with van der Waals surface area (Å²) in [6.07, 6.45) is 6.08. The Labute approximate surface area is 362 Å². The summed E-state index contributed by atoms with van der Waals surface area (Å²) in [6, 6.07) is 27.1. The summed E-state index contributed by atoms with van der Waals surface area (Å²) < 4.78 is 4.66. The van der Waals surface area contributed by atoms with Crippen molar-refractivity contribution in [3.63, 3.8) is 0 Å². The predicted molar refractivity (Wildman–Crippen MR) is 230 cm³/mol.